The Morgan fingerprint density at radius 3 is 2.76 bits per heavy atom. The van der Waals surface area contributed by atoms with Crippen LogP contribution in [0.15, 0.2) is 18.3 Å². The molecule has 0 saturated heterocycles. The summed E-state index contributed by atoms with van der Waals surface area (Å²) in [7, 11) is 1.67. The van der Waals surface area contributed by atoms with Gasteiger partial charge in [-0.25, -0.2) is 4.98 Å². The molecule has 2 amide bonds. The minimum absolute atomic E-state index is 0.0150. The van der Waals surface area contributed by atoms with Crippen molar-refractivity contribution in [2.75, 3.05) is 26.7 Å². The van der Waals surface area contributed by atoms with Gasteiger partial charge in [0.25, 0.3) is 5.91 Å². The number of hydrogen-bond acceptors (Lipinski definition) is 4. The number of nitrogens with one attached hydrogen (secondary N) is 1. The Labute approximate surface area is 124 Å². The van der Waals surface area contributed by atoms with Crippen molar-refractivity contribution in [3.8, 4) is 11.8 Å². The van der Waals surface area contributed by atoms with Gasteiger partial charge >= 0.3 is 0 Å². The first-order chi connectivity index (χ1) is 10.1. The van der Waals surface area contributed by atoms with Gasteiger partial charge in [-0.05, 0) is 19.1 Å². The highest BCUT2D eigenvalue weighted by atomic mass is 16.2. The number of hydrogen-bond donors (Lipinski definition) is 2. The van der Waals surface area contributed by atoms with Crippen molar-refractivity contribution >= 4 is 11.8 Å². The minimum atomic E-state index is -0.400. The second kappa shape index (κ2) is 8.72. The Morgan fingerprint density at radius 1 is 1.43 bits per heavy atom. The number of aliphatic hydroxyl groups is 1. The van der Waals surface area contributed by atoms with E-state index in [1.54, 1.807) is 19.2 Å². The molecule has 0 aliphatic carbocycles. The number of carbonyl (C=O) groups excluding carboxylic acids is 2. The topological polar surface area (TPSA) is 82.5 Å². The van der Waals surface area contributed by atoms with Gasteiger partial charge < -0.3 is 15.3 Å². The number of likely N-dealkylation sites (N-methyl/N-ethyl adjacent to an activating group) is 1. The second-order valence-electron chi connectivity index (χ2n) is 4.30. The normalized spacial score (nSPS) is 9.48. The van der Waals surface area contributed by atoms with Gasteiger partial charge in [-0.2, -0.15) is 0 Å². The van der Waals surface area contributed by atoms with Gasteiger partial charge in [0.1, 0.15) is 5.69 Å². The fourth-order valence-electron chi connectivity index (χ4n) is 1.38. The SMILES string of the molecule is CCN(C)C(=O)CNC(=O)c1ccc(C#CCCO)cn1. The molecule has 0 aliphatic heterocycles. The van der Waals surface area contributed by atoms with Crippen molar-refractivity contribution in [1.29, 1.82) is 0 Å². The van der Waals surface area contributed by atoms with Crippen molar-refractivity contribution in [3.05, 3.63) is 29.6 Å². The second-order valence-corrected chi connectivity index (χ2v) is 4.30. The number of aliphatic hydroxyl groups excluding tert-OH is 1. The highest BCUT2D eigenvalue weighted by molar-refractivity contribution is 5.94. The van der Waals surface area contributed by atoms with Crippen LogP contribution in [0.1, 0.15) is 29.4 Å². The van der Waals surface area contributed by atoms with Crippen LogP contribution in [0.5, 0.6) is 0 Å². The van der Waals surface area contributed by atoms with Crippen LogP contribution in [0.3, 0.4) is 0 Å². The lowest BCUT2D eigenvalue weighted by Gasteiger charge is -2.14. The summed E-state index contributed by atoms with van der Waals surface area (Å²) in [4.78, 5) is 28.9. The molecule has 0 saturated carbocycles. The lowest BCUT2D eigenvalue weighted by Crippen LogP contribution is -2.38. The molecule has 0 bridgehead atoms. The van der Waals surface area contributed by atoms with Crippen molar-refractivity contribution in [2.45, 2.75) is 13.3 Å². The summed E-state index contributed by atoms with van der Waals surface area (Å²) in [5.41, 5.74) is 0.899. The zero-order chi connectivity index (χ0) is 15.7. The molecule has 0 fully saturated rings. The molecule has 6 nitrogen and oxygen atoms in total. The average molecular weight is 289 g/mol. The number of amides is 2. The van der Waals surface area contributed by atoms with Crippen LogP contribution in [-0.4, -0.2) is 53.5 Å². The van der Waals surface area contributed by atoms with E-state index in [1.807, 2.05) is 6.92 Å². The largest absolute Gasteiger partial charge is 0.395 e. The summed E-state index contributed by atoms with van der Waals surface area (Å²) < 4.78 is 0. The van der Waals surface area contributed by atoms with E-state index in [1.165, 1.54) is 11.1 Å². The van der Waals surface area contributed by atoms with E-state index in [0.717, 1.165) is 0 Å². The third-order valence-corrected chi connectivity index (χ3v) is 2.77. The zero-order valence-electron chi connectivity index (χ0n) is 12.2. The van der Waals surface area contributed by atoms with Gasteiger partial charge in [-0.15, -0.1) is 0 Å². The van der Waals surface area contributed by atoms with Crippen LogP contribution in [0, 0.1) is 11.8 Å². The molecule has 0 atom stereocenters. The van der Waals surface area contributed by atoms with Gasteiger partial charge in [0, 0.05) is 31.8 Å². The third-order valence-electron chi connectivity index (χ3n) is 2.77. The number of rotatable bonds is 5. The van der Waals surface area contributed by atoms with Gasteiger partial charge in [-0.3, -0.25) is 9.59 Å². The van der Waals surface area contributed by atoms with Crippen LogP contribution >= 0.6 is 0 Å². The van der Waals surface area contributed by atoms with E-state index in [-0.39, 0.29) is 24.8 Å². The van der Waals surface area contributed by atoms with E-state index < -0.39 is 5.91 Å². The molecule has 1 rings (SSSR count). The predicted octanol–water partition coefficient (Wildman–Crippen LogP) is 0.0236. The van der Waals surface area contributed by atoms with Crippen LogP contribution in [-0.2, 0) is 4.79 Å². The zero-order valence-corrected chi connectivity index (χ0v) is 12.2. The van der Waals surface area contributed by atoms with E-state index >= 15 is 0 Å². The maximum absolute atomic E-state index is 11.8. The molecule has 1 aromatic rings. The predicted molar refractivity (Wildman–Crippen MR) is 78.5 cm³/mol. The summed E-state index contributed by atoms with van der Waals surface area (Å²) >= 11 is 0. The fraction of sp³-hybridized carbons (Fsp3) is 0.400. The highest BCUT2D eigenvalue weighted by Gasteiger charge is 2.11. The van der Waals surface area contributed by atoms with Crippen molar-refractivity contribution in [2.24, 2.45) is 0 Å². The summed E-state index contributed by atoms with van der Waals surface area (Å²) in [5.74, 6) is 5.03. The Kier molecular flexibility index (Phi) is 6.92. The monoisotopic (exact) mass is 289 g/mol. The Morgan fingerprint density at radius 2 is 2.19 bits per heavy atom. The molecule has 21 heavy (non-hydrogen) atoms. The average Bonchev–Trinajstić information content (AvgIpc) is 2.52. The molecule has 1 aromatic heterocycles. The van der Waals surface area contributed by atoms with Crippen LogP contribution in [0.25, 0.3) is 0 Å². The molecule has 6 heteroatoms. The molecule has 1 heterocycles. The van der Waals surface area contributed by atoms with Gasteiger partial charge in [0.15, 0.2) is 0 Å². The first-order valence-corrected chi connectivity index (χ1v) is 6.66. The lowest BCUT2D eigenvalue weighted by molar-refractivity contribution is -0.128. The smallest absolute Gasteiger partial charge is 0.270 e. The molecule has 0 aliphatic rings. The fourth-order valence-corrected chi connectivity index (χ4v) is 1.38. The van der Waals surface area contributed by atoms with E-state index in [9.17, 15) is 9.59 Å². The molecule has 0 spiro atoms. The maximum atomic E-state index is 11.8. The molecule has 0 unspecified atom stereocenters. The Hall–Kier alpha value is -2.39. The first kappa shape index (κ1) is 16.7. The molecular formula is C15H19N3O3. The number of pyridine rings is 1. The van der Waals surface area contributed by atoms with Crippen LogP contribution in [0.4, 0.5) is 0 Å². The summed E-state index contributed by atoms with van der Waals surface area (Å²) in [5, 5.41) is 11.1. The van der Waals surface area contributed by atoms with Gasteiger partial charge in [0.05, 0.1) is 13.2 Å². The van der Waals surface area contributed by atoms with Crippen molar-refractivity contribution in [3.63, 3.8) is 0 Å². The standard InChI is InChI=1S/C15H19N3O3/c1-3-18(2)14(20)11-17-15(21)13-8-7-12(10-16-13)6-4-5-9-19/h7-8,10,19H,3,5,9,11H2,1-2H3,(H,17,21). The van der Waals surface area contributed by atoms with Crippen molar-refractivity contribution < 1.29 is 14.7 Å². The Bertz CT molecular complexity index is 544. The lowest BCUT2D eigenvalue weighted by atomic mass is 10.2. The highest BCUT2D eigenvalue weighted by Crippen LogP contribution is 1.99. The van der Waals surface area contributed by atoms with E-state index in [0.29, 0.717) is 18.5 Å². The third kappa shape index (κ3) is 5.63. The van der Waals surface area contributed by atoms with Crippen molar-refractivity contribution in [1.82, 2.24) is 15.2 Å². The number of carbonyl (C=O) groups is 2. The maximum Gasteiger partial charge on any atom is 0.270 e. The molecule has 2 N–H and O–H groups in total. The van der Waals surface area contributed by atoms with Crippen LogP contribution < -0.4 is 5.32 Å². The quantitative estimate of drug-likeness (QED) is 0.749. The van der Waals surface area contributed by atoms with E-state index in [2.05, 4.69) is 22.1 Å². The molecule has 0 aromatic carbocycles. The summed E-state index contributed by atoms with van der Waals surface area (Å²) in [6.45, 7) is 2.41. The van der Waals surface area contributed by atoms with Crippen LogP contribution in [0.2, 0.25) is 0 Å². The summed E-state index contributed by atoms with van der Waals surface area (Å²) in [6.07, 6.45) is 1.88. The first-order valence-electron chi connectivity index (χ1n) is 6.66. The molecule has 112 valence electrons. The van der Waals surface area contributed by atoms with E-state index in [4.69, 9.17) is 5.11 Å². The minimum Gasteiger partial charge on any atom is -0.395 e. The molecule has 0 radical (unpaired) electrons. The Balaban J connectivity index is 2.56. The van der Waals surface area contributed by atoms with Gasteiger partial charge in [-0.1, -0.05) is 11.8 Å². The number of nitrogens with zero attached hydrogens (tertiary/aromatic N) is 2. The number of aromatic nitrogens is 1. The summed E-state index contributed by atoms with van der Waals surface area (Å²) in [6, 6.07) is 3.22. The van der Waals surface area contributed by atoms with Gasteiger partial charge in [0.2, 0.25) is 5.91 Å². The molecular weight excluding hydrogens is 270 g/mol.